The van der Waals surface area contributed by atoms with Crippen LogP contribution in [0.3, 0.4) is 0 Å². The van der Waals surface area contributed by atoms with Crippen LogP contribution in [0.2, 0.25) is 0 Å². The highest BCUT2D eigenvalue weighted by atomic mass is 32.2. The number of amides is 2. The maximum Gasteiger partial charge on any atom is 0.407 e. The number of aliphatic hydroxyl groups excluding tert-OH is 1. The molecule has 2 aliphatic heterocycles. The molecule has 3 rings (SSSR count). The van der Waals surface area contributed by atoms with Crippen molar-refractivity contribution in [3.63, 3.8) is 0 Å². The molecule has 0 radical (unpaired) electrons. The van der Waals surface area contributed by atoms with E-state index in [1.165, 1.54) is 17.8 Å². The van der Waals surface area contributed by atoms with E-state index in [4.69, 9.17) is 19.9 Å². The minimum Gasteiger partial charge on any atom is -0.493 e. The lowest BCUT2D eigenvalue weighted by molar-refractivity contribution is -0.126. The van der Waals surface area contributed by atoms with E-state index in [0.717, 1.165) is 19.3 Å². The Morgan fingerprint density at radius 1 is 1.38 bits per heavy atom. The molecule has 0 bridgehead atoms. The van der Waals surface area contributed by atoms with Crippen molar-refractivity contribution in [3.05, 3.63) is 23.7 Å². The Morgan fingerprint density at radius 2 is 2.13 bits per heavy atom. The molecule has 11 nitrogen and oxygen atoms in total. The van der Waals surface area contributed by atoms with E-state index in [-0.39, 0.29) is 5.75 Å². The third-order valence-electron chi connectivity index (χ3n) is 6.04. The van der Waals surface area contributed by atoms with E-state index in [9.17, 15) is 14.7 Å². The normalized spacial score (nSPS) is 24.1. The number of nitrogens with two attached hydrogens (primary N) is 1. The van der Waals surface area contributed by atoms with Gasteiger partial charge in [-0.05, 0) is 59.3 Å². The molecule has 1 fully saturated rings. The third kappa shape index (κ3) is 10.2. The van der Waals surface area contributed by atoms with Crippen molar-refractivity contribution in [2.75, 3.05) is 25.4 Å². The van der Waals surface area contributed by atoms with Crippen LogP contribution >= 0.6 is 11.8 Å². The molecule has 0 aromatic heterocycles. The van der Waals surface area contributed by atoms with Crippen LogP contribution in [0.25, 0.3) is 0 Å². The van der Waals surface area contributed by atoms with Gasteiger partial charge in [-0.15, -0.1) is 11.8 Å². The second kappa shape index (κ2) is 13.7. The molecule has 3 aliphatic rings. The van der Waals surface area contributed by atoms with Gasteiger partial charge in [0.25, 0.3) is 5.91 Å². The summed E-state index contributed by atoms with van der Waals surface area (Å²) < 4.78 is 16.7. The number of hydrogen-bond acceptors (Lipinski definition) is 10. The van der Waals surface area contributed by atoms with E-state index >= 15 is 0 Å². The summed E-state index contributed by atoms with van der Waals surface area (Å²) in [6, 6.07) is -0.484. The lowest BCUT2D eigenvalue weighted by atomic mass is 10.1. The monoisotopic (exact) mass is 565 g/mol. The van der Waals surface area contributed by atoms with Crippen molar-refractivity contribution in [2.24, 2.45) is 21.6 Å². The summed E-state index contributed by atoms with van der Waals surface area (Å²) in [6.45, 7) is 10.8. The molecule has 2 amide bonds. The predicted molar refractivity (Wildman–Crippen MR) is 152 cm³/mol. The highest BCUT2D eigenvalue weighted by Gasteiger charge is 2.41. The van der Waals surface area contributed by atoms with Gasteiger partial charge in [-0.3, -0.25) is 15.5 Å². The molecule has 1 saturated carbocycles. The second-order valence-electron chi connectivity index (χ2n) is 11.1. The molecular formula is C27H43N5O6S. The maximum absolute atomic E-state index is 13.3. The molecule has 218 valence electrons. The molecule has 0 aromatic rings. The van der Waals surface area contributed by atoms with Crippen molar-refractivity contribution >= 4 is 34.5 Å². The highest BCUT2D eigenvalue weighted by molar-refractivity contribution is 8.16. The number of hydrogen-bond donors (Lipinski definition) is 4. The molecule has 0 aromatic carbocycles. The van der Waals surface area contributed by atoms with Crippen molar-refractivity contribution in [3.8, 4) is 0 Å². The number of rotatable bonds is 13. The van der Waals surface area contributed by atoms with Crippen molar-refractivity contribution in [1.82, 2.24) is 10.6 Å². The summed E-state index contributed by atoms with van der Waals surface area (Å²) in [4.78, 5) is 34.0. The number of carbonyl (C=O) groups excluding carboxylic acids is 2. The van der Waals surface area contributed by atoms with E-state index in [1.807, 2.05) is 34.6 Å². The van der Waals surface area contributed by atoms with E-state index < -0.39 is 35.6 Å². The SMILES string of the molecule is CCC[C@@H](NC(=O)[C@]1(N)CSC(C(C)=NCCCNC(=O)OC(C)(C)C)=N1)C1=CC(OCC2CC2)=CC(O)O1. The minimum atomic E-state index is -1.45. The summed E-state index contributed by atoms with van der Waals surface area (Å²) in [6.07, 6.45) is 5.96. The Kier molecular flexibility index (Phi) is 10.9. The number of nitrogens with one attached hydrogen (secondary N) is 2. The van der Waals surface area contributed by atoms with Gasteiger partial charge in [-0.2, -0.15) is 0 Å². The molecule has 0 saturated heterocycles. The topological polar surface area (TPSA) is 157 Å². The molecule has 2 heterocycles. The Bertz CT molecular complexity index is 1020. The third-order valence-corrected chi connectivity index (χ3v) is 7.29. The number of thioether (sulfide) groups is 1. The summed E-state index contributed by atoms with van der Waals surface area (Å²) >= 11 is 1.38. The molecule has 1 aliphatic carbocycles. The lowest BCUT2D eigenvalue weighted by Crippen LogP contribution is -2.56. The zero-order chi connectivity index (χ0) is 28.6. The average Bonchev–Trinajstić information content (AvgIpc) is 3.59. The first-order valence-corrected chi connectivity index (χ1v) is 14.6. The Morgan fingerprint density at radius 3 is 2.79 bits per heavy atom. The predicted octanol–water partition coefficient (Wildman–Crippen LogP) is 2.99. The van der Waals surface area contributed by atoms with Crippen LogP contribution in [0.5, 0.6) is 0 Å². The number of carbonyl (C=O) groups is 2. The highest BCUT2D eigenvalue weighted by Crippen LogP contribution is 2.31. The van der Waals surface area contributed by atoms with Crippen LogP contribution in [-0.4, -0.2) is 76.9 Å². The van der Waals surface area contributed by atoms with Gasteiger partial charge < -0.3 is 30.0 Å². The van der Waals surface area contributed by atoms with E-state index in [2.05, 4.69) is 20.6 Å². The van der Waals surface area contributed by atoms with Crippen LogP contribution < -0.4 is 16.4 Å². The number of alkyl carbamates (subject to hydrolysis) is 1. The number of aliphatic hydroxyl groups is 1. The molecule has 39 heavy (non-hydrogen) atoms. The maximum atomic E-state index is 13.3. The fourth-order valence-electron chi connectivity index (χ4n) is 3.79. The van der Waals surface area contributed by atoms with Gasteiger partial charge in [0.2, 0.25) is 6.29 Å². The van der Waals surface area contributed by atoms with Crippen LogP contribution in [0.15, 0.2) is 33.7 Å². The van der Waals surface area contributed by atoms with Gasteiger partial charge in [0.15, 0.2) is 5.66 Å². The summed E-state index contributed by atoms with van der Waals surface area (Å²) in [5.41, 5.74) is 5.12. The Labute approximate surface area is 235 Å². The molecule has 5 N–H and O–H groups in total. The van der Waals surface area contributed by atoms with Gasteiger partial charge in [-0.1, -0.05) is 13.3 Å². The molecule has 12 heteroatoms. The van der Waals surface area contributed by atoms with Crippen LogP contribution in [-0.2, 0) is 19.0 Å². The average molecular weight is 566 g/mol. The smallest absolute Gasteiger partial charge is 0.407 e. The van der Waals surface area contributed by atoms with Crippen molar-refractivity contribution in [2.45, 2.75) is 90.3 Å². The number of aliphatic imine (C=N–C) groups is 2. The van der Waals surface area contributed by atoms with E-state index in [0.29, 0.717) is 60.7 Å². The second-order valence-corrected chi connectivity index (χ2v) is 12.0. The molecule has 3 atom stereocenters. The standard InChI is InChI=1S/C27H43N5O6S/c1-6-8-20(21-13-19(14-22(33)37-21)36-15-18-9-10-18)31-24(34)27(28)16-39-23(32-27)17(2)29-11-7-12-30-25(35)38-26(3,4)5/h13-14,18,20,22,33H,6-12,15-16,28H2,1-5H3,(H,30,35)(H,31,34)/t20-,22?,27+/m1/s1. The zero-order valence-corrected chi connectivity index (χ0v) is 24.4. The summed E-state index contributed by atoms with van der Waals surface area (Å²) in [5, 5.41) is 16.5. The van der Waals surface area contributed by atoms with E-state index in [1.54, 1.807) is 6.08 Å². The molecule has 0 spiro atoms. The number of allylic oxidation sites excluding steroid dienone is 1. The first kappa shape index (κ1) is 31.0. The van der Waals surface area contributed by atoms with Crippen LogP contribution in [0, 0.1) is 5.92 Å². The largest absolute Gasteiger partial charge is 0.493 e. The van der Waals surface area contributed by atoms with Crippen molar-refractivity contribution < 1.29 is 28.9 Å². The Balaban J connectivity index is 1.55. The lowest BCUT2D eigenvalue weighted by Gasteiger charge is -2.29. The first-order chi connectivity index (χ1) is 18.4. The van der Waals surface area contributed by atoms with Gasteiger partial charge in [0, 0.05) is 31.0 Å². The van der Waals surface area contributed by atoms with Crippen LogP contribution in [0.1, 0.15) is 66.7 Å². The van der Waals surface area contributed by atoms with Gasteiger partial charge in [0.05, 0.1) is 18.4 Å². The fraction of sp³-hybridized carbons (Fsp3) is 0.704. The molecule has 1 unspecified atom stereocenters. The summed E-state index contributed by atoms with van der Waals surface area (Å²) in [5.74, 6) is 1.39. The fourth-order valence-corrected chi connectivity index (χ4v) is 4.84. The zero-order valence-electron chi connectivity index (χ0n) is 23.6. The van der Waals surface area contributed by atoms with Gasteiger partial charge in [-0.25, -0.2) is 9.79 Å². The quantitative estimate of drug-likeness (QED) is 0.196. The molecular weight excluding hydrogens is 522 g/mol. The van der Waals surface area contributed by atoms with Crippen LogP contribution in [0.4, 0.5) is 4.79 Å². The number of nitrogens with zero attached hydrogens (tertiary/aromatic N) is 2. The van der Waals surface area contributed by atoms with Gasteiger partial charge in [0.1, 0.15) is 22.2 Å². The van der Waals surface area contributed by atoms with Crippen molar-refractivity contribution in [1.29, 1.82) is 0 Å². The summed E-state index contributed by atoms with van der Waals surface area (Å²) in [7, 11) is 0. The van der Waals surface area contributed by atoms with Gasteiger partial charge >= 0.3 is 6.09 Å². The first-order valence-electron chi connectivity index (χ1n) is 13.6. The Hall–Kier alpha value is -2.57. The minimum absolute atomic E-state index is 0.276. The number of ether oxygens (including phenoxy) is 3.